The van der Waals surface area contributed by atoms with Crippen LogP contribution in [0.25, 0.3) is 0 Å². The van der Waals surface area contributed by atoms with E-state index in [1.165, 1.54) is 0 Å². The summed E-state index contributed by atoms with van der Waals surface area (Å²) in [5, 5.41) is 9.65. The molecule has 0 bridgehead atoms. The SMILES string of the molecule is C=C(C)C(O)C(C)OCc1ccccc1. The summed E-state index contributed by atoms with van der Waals surface area (Å²) >= 11 is 0. The van der Waals surface area contributed by atoms with Gasteiger partial charge in [0.25, 0.3) is 0 Å². The fraction of sp³-hybridized carbons (Fsp3) is 0.385. The van der Waals surface area contributed by atoms with E-state index >= 15 is 0 Å². The minimum absolute atomic E-state index is 0.220. The number of aliphatic hydroxyl groups excluding tert-OH is 1. The molecule has 0 aliphatic rings. The molecule has 2 nitrogen and oxygen atoms in total. The zero-order chi connectivity index (χ0) is 11.3. The van der Waals surface area contributed by atoms with E-state index in [1.54, 1.807) is 6.92 Å². The lowest BCUT2D eigenvalue weighted by Crippen LogP contribution is -2.26. The van der Waals surface area contributed by atoms with Gasteiger partial charge >= 0.3 is 0 Å². The zero-order valence-corrected chi connectivity index (χ0v) is 9.31. The van der Waals surface area contributed by atoms with Crippen molar-refractivity contribution in [1.29, 1.82) is 0 Å². The van der Waals surface area contributed by atoms with Crippen LogP contribution in [-0.2, 0) is 11.3 Å². The monoisotopic (exact) mass is 206 g/mol. The second-order valence-corrected chi connectivity index (χ2v) is 3.79. The first-order valence-electron chi connectivity index (χ1n) is 5.10. The smallest absolute Gasteiger partial charge is 0.100 e. The second-order valence-electron chi connectivity index (χ2n) is 3.79. The molecule has 0 spiro atoms. The Labute approximate surface area is 91.2 Å². The molecule has 1 rings (SSSR count). The predicted octanol–water partition coefficient (Wildman–Crippen LogP) is 2.53. The first-order valence-corrected chi connectivity index (χ1v) is 5.10. The maximum absolute atomic E-state index is 9.65. The number of ether oxygens (including phenoxy) is 1. The minimum atomic E-state index is -0.589. The van der Waals surface area contributed by atoms with Crippen molar-refractivity contribution >= 4 is 0 Å². The van der Waals surface area contributed by atoms with Gasteiger partial charge in [0.2, 0.25) is 0 Å². The lowest BCUT2D eigenvalue weighted by Gasteiger charge is -2.19. The summed E-state index contributed by atoms with van der Waals surface area (Å²) in [5.41, 5.74) is 1.84. The molecule has 0 heterocycles. The molecule has 0 amide bonds. The molecule has 2 unspecified atom stereocenters. The van der Waals surface area contributed by atoms with E-state index in [1.807, 2.05) is 37.3 Å². The zero-order valence-electron chi connectivity index (χ0n) is 9.31. The third-order valence-corrected chi connectivity index (χ3v) is 2.31. The average molecular weight is 206 g/mol. The van der Waals surface area contributed by atoms with E-state index in [4.69, 9.17) is 4.74 Å². The molecule has 0 fully saturated rings. The van der Waals surface area contributed by atoms with Gasteiger partial charge in [0, 0.05) is 0 Å². The van der Waals surface area contributed by atoms with Crippen LogP contribution in [0.1, 0.15) is 19.4 Å². The molecule has 1 aromatic carbocycles. The Morgan fingerprint density at radius 2 is 2.00 bits per heavy atom. The number of aliphatic hydroxyl groups is 1. The van der Waals surface area contributed by atoms with Crippen molar-refractivity contribution in [2.75, 3.05) is 0 Å². The van der Waals surface area contributed by atoms with Crippen LogP contribution in [0.5, 0.6) is 0 Å². The fourth-order valence-electron chi connectivity index (χ4n) is 1.29. The van der Waals surface area contributed by atoms with Gasteiger partial charge < -0.3 is 9.84 Å². The molecule has 0 aliphatic heterocycles. The topological polar surface area (TPSA) is 29.5 Å². The van der Waals surface area contributed by atoms with E-state index in [9.17, 15) is 5.11 Å². The number of rotatable bonds is 5. The van der Waals surface area contributed by atoms with Crippen molar-refractivity contribution in [3.63, 3.8) is 0 Å². The quantitative estimate of drug-likeness (QED) is 0.750. The van der Waals surface area contributed by atoms with Crippen LogP contribution >= 0.6 is 0 Å². The summed E-state index contributed by atoms with van der Waals surface area (Å²) in [6, 6.07) is 9.91. The molecule has 0 aromatic heterocycles. The predicted molar refractivity (Wildman–Crippen MR) is 61.5 cm³/mol. The maximum Gasteiger partial charge on any atom is 0.100 e. The average Bonchev–Trinajstić information content (AvgIpc) is 2.26. The van der Waals surface area contributed by atoms with Crippen molar-refractivity contribution in [2.45, 2.75) is 32.7 Å². The van der Waals surface area contributed by atoms with Gasteiger partial charge in [-0.1, -0.05) is 36.9 Å². The Morgan fingerprint density at radius 1 is 1.40 bits per heavy atom. The van der Waals surface area contributed by atoms with Crippen LogP contribution in [-0.4, -0.2) is 17.3 Å². The van der Waals surface area contributed by atoms with E-state index in [2.05, 4.69) is 6.58 Å². The standard InChI is InChI=1S/C13H18O2/c1-10(2)13(14)11(3)15-9-12-7-5-4-6-8-12/h4-8,11,13-14H,1,9H2,2-3H3. The van der Waals surface area contributed by atoms with Crippen molar-refractivity contribution in [3.8, 4) is 0 Å². The van der Waals surface area contributed by atoms with Crippen molar-refractivity contribution < 1.29 is 9.84 Å². The van der Waals surface area contributed by atoms with Crippen LogP contribution in [0.15, 0.2) is 42.5 Å². The Bertz CT molecular complexity index is 306. The molecule has 15 heavy (non-hydrogen) atoms. The lowest BCUT2D eigenvalue weighted by molar-refractivity contribution is -0.0195. The van der Waals surface area contributed by atoms with E-state index in [-0.39, 0.29) is 6.10 Å². The molecule has 2 atom stereocenters. The van der Waals surface area contributed by atoms with Crippen LogP contribution in [0.4, 0.5) is 0 Å². The Balaban J connectivity index is 2.41. The highest BCUT2D eigenvalue weighted by Gasteiger charge is 2.14. The lowest BCUT2D eigenvalue weighted by atomic mass is 10.1. The van der Waals surface area contributed by atoms with Gasteiger partial charge in [-0.3, -0.25) is 0 Å². The molecule has 0 aliphatic carbocycles. The maximum atomic E-state index is 9.65. The Kier molecular flexibility index (Phi) is 4.53. The Hall–Kier alpha value is -1.12. The van der Waals surface area contributed by atoms with Crippen LogP contribution in [0.3, 0.4) is 0 Å². The highest BCUT2D eigenvalue weighted by Crippen LogP contribution is 2.10. The van der Waals surface area contributed by atoms with E-state index < -0.39 is 6.10 Å². The largest absolute Gasteiger partial charge is 0.386 e. The van der Waals surface area contributed by atoms with Gasteiger partial charge in [-0.15, -0.1) is 0 Å². The third-order valence-electron chi connectivity index (χ3n) is 2.31. The van der Waals surface area contributed by atoms with Gasteiger partial charge in [0.15, 0.2) is 0 Å². The molecular weight excluding hydrogens is 188 g/mol. The fourth-order valence-corrected chi connectivity index (χ4v) is 1.29. The van der Waals surface area contributed by atoms with Crippen molar-refractivity contribution in [2.24, 2.45) is 0 Å². The van der Waals surface area contributed by atoms with Gasteiger partial charge in [0.05, 0.1) is 12.7 Å². The van der Waals surface area contributed by atoms with E-state index in [0.717, 1.165) is 11.1 Å². The van der Waals surface area contributed by atoms with Gasteiger partial charge in [0.1, 0.15) is 6.10 Å². The van der Waals surface area contributed by atoms with Crippen molar-refractivity contribution in [1.82, 2.24) is 0 Å². The molecule has 0 saturated carbocycles. The summed E-state index contributed by atoms with van der Waals surface area (Å²) in [7, 11) is 0. The molecular formula is C13H18O2. The number of hydrogen-bond donors (Lipinski definition) is 1. The van der Waals surface area contributed by atoms with Crippen LogP contribution in [0, 0.1) is 0 Å². The summed E-state index contributed by atoms with van der Waals surface area (Å²) in [6.45, 7) is 7.87. The molecule has 0 saturated heterocycles. The van der Waals surface area contributed by atoms with Crippen LogP contribution < -0.4 is 0 Å². The molecule has 2 heteroatoms. The first kappa shape index (κ1) is 12.0. The van der Waals surface area contributed by atoms with Gasteiger partial charge in [-0.25, -0.2) is 0 Å². The van der Waals surface area contributed by atoms with Gasteiger partial charge in [-0.05, 0) is 25.0 Å². The summed E-state index contributed by atoms with van der Waals surface area (Å²) < 4.78 is 5.54. The normalized spacial score (nSPS) is 14.6. The second kappa shape index (κ2) is 5.69. The number of hydrogen-bond acceptors (Lipinski definition) is 2. The molecule has 0 radical (unpaired) electrons. The first-order chi connectivity index (χ1) is 7.11. The van der Waals surface area contributed by atoms with Crippen molar-refractivity contribution in [3.05, 3.63) is 48.0 Å². The Morgan fingerprint density at radius 3 is 2.53 bits per heavy atom. The highest BCUT2D eigenvalue weighted by molar-refractivity contribution is 5.13. The third kappa shape index (κ3) is 3.86. The van der Waals surface area contributed by atoms with Gasteiger partial charge in [-0.2, -0.15) is 0 Å². The summed E-state index contributed by atoms with van der Waals surface area (Å²) in [5.74, 6) is 0. The highest BCUT2D eigenvalue weighted by atomic mass is 16.5. The molecule has 82 valence electrons. The van der Waals surface area contributed by atoms with E-state index in [0.29, 0.717) is 6.61 Å². The molecule has 1 aromatic rings. The van der Waals surface area contributed by atoms with Crippen LogP contribution in [0.2, 0.25) is 0 Å². The summed E-state index contributed by atoms with van der Waals surface area (Å²) in [4.78, 5) is 0. The molecule has 1 N–H and O–H groups in total. The summed E-state index contributed by atoms with van der Waals surface area (Å²) in [6.07, 6.45) is -0.809. The number of benzene rings is 1. The minimum Gasteiger partial charge on any atom is -0.386 e.